The molecule has 2 aromatic rings. The molecule has 0 spiro atoms. The predicted octanol–water partition coefficient (Wildman–Crippen LogP) is 4.71. The molecule has 3 rings (SSSR count). The van der Waals surface area contributed by atoms with Crippen LogP contribution in [0.25, 0.3) is 6.08 Å². The molecule has 1 amide bonds. The minimum atomic E-state index is -0.0509. The maximum Gasteiger partial charge on any atom is 0.266 e. The van der Waals surface area contributed by atoms with Gasteiger partial charge in [-0.15, -0.1) is 0 Å². The van der Waals surface area contributed by atoms with Crippen molar-refractivity contribution in [3.05, 3.63) is 65.1 Å². The summed E-state index contributed by atoms with van der Waals surface area (Å²) in [7, 11) is 1.75. The molecule has 25 heavy (non-hydrogen) atoms. The lowest BCUT2D eigenvalue weighted by Gasteiger charge is -2.08. The molecule has 0 N–H and O–H groups in total. The van der Waals surface area contributed by atoms with Crippen molar-refractivity contribution in [2.24, 2.45) is 4.99 Å². The Kier molecular flexibility index (Phi) is 5.56. The lowest BCUT2D eigenvalue weighted by Crippen LogP contribution is -2.23. The molecule has 1 saturated heterocycles. The first-order valence-corrected chi connectivity index (χ1v) is 9.04. The summed E-state index contributed by atoms with van der Waals surface area (Å²) in [6.07, 6.45) is 2.82. The van der Waals surface area contributed by atoms with Crippen LogP contribution < -0.4 is 4.74 Å². The standard InChI is InChI=1S/C20H20N2O2S/c1-3-13-24-17-12-8-7-9-15(17)14-18-19(23)22(2)20(25-18)21-16-10-5-4-6-11-16/h4-12,14H,3,13H2,1-2H3/b18-14+,21-20?. The number of carbonyl (C=O) groups is 1. The third-order valence-electron chi connectivity index (χ3n) is 3.65. The molecule has 0 saturated carbocycles. The molecule has 0 radical (unpaired) electrons. The number of para-hydroxylation sites is 2. The van der Waals surface area contributed by atoms with Crippen LogP contribution in [-0.4, -0.2) is 29.6 Å². The maximum atomic E-state index is 12.6. The number of rotatable bonds is 5. The third-order valence-corrected chi connectivity index (χ3v) is 4.71. The fourth-order valence-electron chi connectivity index (χ4n) is 2.35. The number of ether oxygens (including phenoxy) is 1. The van der Waals surface area contributed by atoms with Gasteiger partial charge in [0, 0.05) is 12.6 Å². The number of nitrogens with zero attached hydrogens (tertiary/aromatic N) is 2. The van der Waals surface area contributed by atoms with Gasteiger partial charge in [0.25, 0.3) is 5.91 Å². The first-order chi connectivity index (χ1) is 12.2. The van der Waals surface area contributed by atoms with Gasteiger partial charge in [0.2, 0.25) is 0 Å². The van der Waals surface area contributed by atoms with Crippen molar-refractivity contribution in [3.8, 4) is 5.75 Å². The topological polar surface area (TPSA) is 41.9 Å². The van der Waals surface area contributed by atoms with Crippen LogP contribution in [0.1, 0.15) is 18.9 Å². The number of hydrogen-bond donors (Lipinski definition) is 0. The Morgan fingerprint density at radius 2 is 1.84 bits per heavy atom. The van der Waals surface area contributed by atoms with Gasteiger partial charge in [-0.2, -0.15) is 0 Å². The van der Waals surface area contributed by atoms with E-state index < -0.39 is 0 Å². The molecule has 2 aromatic carbocycles. The van der Waals surface area contributed by atoms with E-state index in [1.54, 1.807) is 11.9 Å². The van der Waals surface area contributed by atoms with Gasteiger partial charge in [-0.05, 0) is 42.5 Å². The molecule has 0 aromatic heterocycles. The van der Waals surface area contributed by atoms with Gasteiger partial charge in [0.15, 0.2) is 5.17 Å². The van der Waals surface area contributed by atoms with Crippen LogP contribution in [0, 0.1) is 0 Å². The Morgan fingerprint density at radius 3 is 2.60 bits per heavy atom. The first kappa shape index (κ1) is 17.3. The molecule has 1 aliphatic heterocycles. The summed E-state index contributed by atoms with van der Waals surface area (Å²) in [5.74, 6) is 0.742. The molecule has 1 heterocycles. The first-order valence-electron chi connectivity index (χ1n) is 8.22. The summed E-state index contributed by atoms with van der Waals surface area (Å²) in [6.45, 7) is 2.72. The van der Waals surface area contributed by atoms with Crippen LogP contribution in [0.3, 0.4) is 0 Å². The lowest BCUT2D eigenvalue weighted by atomic mass is 10.2. The molecule has 1 fully saturated rings. The van der Waals surface area contributed by atoms with Crippen molar-refractivity contribution < 1.29 is 9.53 Å². The van der Waals surface area contributed by atoms with Crippen LogP contribution >= 0.6 is 11.8 Å². The molecular formula is C20H20N2O2S. The minimum absolute atomic E-state index is 0.0509. The fourth-order valence-corrected chi connectivity index (χ4v) is 3.33. The number of carbonyl (C=O) groups excluding carboxylic acids is 1. The summed E-state index contributed by atoms with van der Waals surface area (Å²) >= 11 is 1.38. The fraction of sp³-hybridized carbons (Fsp3) is 0.200. The number of thioether (sulfide) groups is 1. The monoisotopic (exact) mass is 352 g/mol. The van der Waals surface area contributed by atoms with Crippen molar-refractivity contribution in [2.75, 3.05) is 13.7 Å². The van der Waals surface area contributed by atoms with Crippen molar-refractivity contribution >= 4 is 34.6 Å². The molecule has 5 heteroatoms. The summed E-state index contributed by atoms with van der Waals surface area (Å²) in [4.78, 5) is 19.3. The highest BCUT2D eigenvalue weighted by Gasteiger charge is 2.30. The van der Waals surface area contributed by atoms with Gasteiger partial charge in [0.1, 0.15) is 5.75 Å². The Morgan fingerprint density at radius 1 is 1.12 bits per heavy atom. The number of hydrogen-bond acceptors (Lipinski definition) is 4. The molecule has 4 nitrogen and oxygen atoms in total. The average molecular weight is 352 g/mol. The highest BCUT2D eigenvalue weighted by atomic mass is 32.2. The number of aliphatic imine (C=N–C) groups is 1. The van der Waals surface area contributed by atoms with E-state index in [1.807, 2.05) is 60.7 Å². The van der Waals surface area contributed by atoms with Crippen molar-refractivity contribution in [1.82, 2.24) is 4.90 Å². The van der Waals surface area contributed by atoms with E-state index >= 15 is 0 Å². The summed E-state index contributed by atoms with van der Waals surface area (Å²) < 4.78 is 5.77. The molecular weight excluding hydrogens is 332 g/mol. The Bertz CT molecular complexity index is 815. The third kappa shape index (κ3) is 4.12. The highest BCUT2D eigenvalue weighted by Crippen LogP contribution is 2.34. The zero-order valence-electron chi connectivity index (χ0n) is 14.3. The molecule has 0 unspecified atom stereocenters. The second-order valence-corrected chi connectivity index (χ2v) is 6.60. The van der Waals surface area contributed by atoms with E-state index in [0.717, 1.165) is 23.4 Å². The largest absolute Gasteiger partial charge is 0.493 e. The van der Waals surface area contributed by atoms with Gasteiger partial charge < -0.3 is 4.74 Å². The number of amides is 1. The average Bonchev–Trinajstić information content (AvgIpc) is 2.90. The molecule has 0 bridgehead atoms. The van der Waals surface area contributed by atoms with Gasteiger partial charge >= 0.3 is 0 Å². The number of benzene rings is 2. The van der Waals surface area contributed by atoms with Crippen molar-refractivity contribution in [3.63, 3.8) is 0 Å². The molecule has 0 atom stereocenters. The molecule has 0 aliphatic carbocycles. The van der Waals surface area contributed by atoms with Crippen LogP contribution in [-0.2, 0) is 4.79 Å². The van der Waals surface area contributed by atoms with E-state index in [1.165, 1.54) is 11.8 Å². The number of amidine groups is 1. The second-order valence-electron chi connectivity index (χ2n) is 5.59. The minimum Gasteiger partial charge on any atom is -0.493 e. The van der Waals surface area contributed by atoms with Gasteiger partial charge in [-0.25, -0.2) is 4.99 Å². The van der Waals surface area contributed by atoms with Crippen LogP contribution in [0.5, 0.6) is 5.75 Å². The van der Waals surface area contributed by atoms with Crippen molar-refractivity contribution in [2.45, 2.75) is 13.3 Å². The van der Waals surface area contributed by atoms with E-state index in [-0.39, 0.29) is 5.91 Å². The molecule has 1 aliphatic rings. The van der Waals surface area contributed by atoms with E-state index in [2.05, 4.69) is 11.9 Å². The van der Waals surface area contributed by atoms with E-state index in [4.69, 9.17) is 4.74 Å². The summed E-state index contributed by atoms with van der Waals surface area (Å²) in [5, 5.41) is 0.675. The Hall–Kier alpha value is -2.53. The van der Waals surface area contributed by atoms with E-state index in [9.17, 15) is 4.79 Å². The van der Waals surface area contributed by atoms with Crippen LogP contribution in [0.2, 0.25) is 0 Å². The lowest BCUT2D eigenvalue weighted by molar-refractivity contribution is -0.121. The maximum absolute atomic E-state index is 12.6. The summed E-state index contributed by atoms with van der Waals surface area (Å²) in [6, 6.07) is 17.4. The summed E-state index contributed by atoms with van der Waals surface area (Å²) in [5.41, 5.74) is 1.73. The quantitative estimate of drug-likeness (QED) is 0.732. The Labute approximate surface area is 152 Å². The van der Waals surface area contributed by atoms with E-state index in [0.29, 0.717) is 16.7 Å². The van der Waals surface area contributed by atoms with Crippen molar-refractivity contribution in [1.29, 1.82) is 0 Å². The normalized spacial score (nSPS) is 17.5. The predicted molar refractivity (Wildman–Crippen MR) is 104 cm³/mol. The second kappa shape index (κ2) is 8.03. The SMILES string of the molecule is CCCOc1ccccc1/C=C1/SC(=Nc2ccccc2)N(C)C1=O. The highest BCUT2D eigenvalue weighted by molar-refractivity contribution is 8.18. The van der Waals surface area contributed by atoms with Gasteiger partial charge in [-0.1, -0.05) is 43.3 Å². The number of likely N-dealkylation sites (N-methyl/N-ethyl adjacent to an activating group) is 1. The van der Waals surface area contributed by atoms with Gasteiger partial charge in [0.05, 0.1) is 17.2 Å². The molecule has 128 valence electrons. The smallest absolute Gasteiger partial charge is 0.266 e. The zero-order valence-corrected chi connectivity index (χ0v) is 15.1. The van der Waals surface area contributed by atoms with Crippen LogP contribution in [0.4, 0.5) is 5.69 Å². The Balaban J connectivity index is 1.88. The van der Waals surface area contributed by atoms with Gasteiger partial charge in [-0.3, -0.25) is 9.69 Å². The zero-order chi connectivity index (χ0) is 17.6. The van der Waals surface area contributed by atoms with Crippen LogP contribution in [0.15, 0.2) is 64.5 Å².